The first-order valence-electron chi connectivity index (χ1n) is 6.31. The third kappa shape index (κ3) is 5.55. The minimum atomic E-state index is -0.353. The van der Waals surface area contributed by atoms with Gasteiger partial charge in [0, 0.05) is 32.9 Å². The maximum Gasteiger partial charge on any atom is 0.165 e. The quantitative estimate of drug-likeness (QED) is 0.697. The average Bonchev–Trinajstić information content (AvgIpc) is 2.38. The van der Waals surface area contributed by atoms with Gasteiger partial charge in [0.25, 0.3) is 0 Å². The lowest BCUT2D eigenvalue weighted by atomic mass is 10.2. The summed E-state index contributed by atoms with van der Waals surface area (Å²) in [6, 6.07) is 4.92. The fourth-order valence-corrected chi connectivity index (χ4v) is 1.69. The van der Waals surface area contributed by atoms with Crippen molar-refractivity contribution < 1.29 is 18.6 Å². The Labute approximate surface area is 113 Å². The third-order valence-electron chi connectivity index (χ3n) is 2.57. The van der Waals surface area contributed by atoms with Gasteiger partial charge < -0.3 is 19.5 Å². The van der Waals surface area contributed by atoms with Crippen LogP contribution in [0.2, 0.25) is 0 Å². The summed E-state index contributed by atoms with van der Waals surface area (Å²) < 4.78 is 29.3. The van der Waals surface area contributed by atoms with E-state index in [1.54, 1.807) is 20.3 Å². The number of para-hydroxylation sites is 1. The van der Waals surface area contributed by atoms with Crippen LogP contribution in [0, 0.1) is 5.82 Å². The van der Waals surface area contributed by atoms with Crippen molar-refractivity contribution in [3.05, 3.63) is 29.6 Å². The van der Waals surface area contributed by atoms with Gasteiger partial charge in [0.05, 0.1) is 13.2 Å². The highest BCUT2D eigenvalue weighted by molar-refractivity contribution is 5.35. The van der Waals surface area contributed by atoms with Gasteiger partial charge in [-0.05, 0) is 13.0 Å². The largest absolute Gasteiger partial charge is 0.485 e. The Kier molecular flexibility index (Phi) is 7.40. The van der Waals surface area contributed by atoms with Crippen molar-refractivity contribution >= 4 is 0 Å². The second kappa shape index (κ2) is 8.85. The van der Waals surface area contributed by atoms with E-state index in [0.29, 0.717) is 26.3 Å². The molecule has 1 atom stereocenters. The van der Waals surface area contributed by atoms with E-state index in [9.17, 15) is 4.39 Å². The van der Waals surface area contributed by atoms with Crippen molar-refractivity contribution in [3.63, 3.8) is 0 Å². The molecule has 108 valence electrons. The van der Waals surface area contributed by atoms with Crippen LogP contribution in [-0.4, -0.2) is 40.1 Å². The minimum absolute atomic E-state index is 0.195. The van der Waals surface area contributed by atoms with Crippen LogP contribution in [0.25, 0.3) is 0 Å². The zero-order valence-corrected chi connectivity index (χ0v) is 11.7. The highest BCUT2D eigenvalue weighted by Gasteiger charge is 2.13. The Morgan fingerprint density at radius 2 is 2.05 bits per heavy atom. The Hall–Kier alpha value is -1.17. The molecule has 0 radical (unpaired) electrons. The molecule has 1 aromatic rings. The molecule has 0 aliphatic heterocycles. The number of hydrogen-bond acceptors (Lipinski definition) is 4. The van der Waals surface area contributed by atoms with Crippen LogP contribution in [0.5, 0.6) is 5.75 Å². The fourth-order valence-electron chi connectivity index (χ4n) is 1.69. The SMILES string of the molecule is COCCNCc1cccc(F)c1OC(C)COC. The molecule has 0 fully saturated rings. The van der Waals surface area contributed by atoms with E-state index in [2.05, 4.69) is 5.32 Å². The maximum absolute atomic E-state index is 13.8. The van der Waals surface area contributed by atoms with E-state index in [-0.39, 0.29) is 17.7 Å². The van der Waals surface area contributed by atoms with Crippen LogP contribution >= 0.6 is 0 Å². The molecule has 5 heteroatoms. The summed E-state index contributed by atoms with van der Waals surface area (Å²) in [6.45, 7) is 4.13. The van der Waals surface area contributed by atoms with E-state index in [1.165, 1.54) is 6.07 Å². The van der Waals surface area contributed by atoms with Gasteiger partial charge in [0.15, 0.2) is 11.6 Å². The Bertz CT molecular complexity index is 374. The molecule has 1 rings (SSSR count). The molecule has 0 heterocycles. The molecular formula is C14H22FNO3. The van der Waals surface area contributed by atoms with E-state index in [0.717, 1.165) is 5.56 Å². The van der Waals surface area contributed by atoms with Crippen molar-refractivity contribution in [2.45, 2.75) is 19.6 Å². The molecule has 1 aromatic carbocycles. The highest BCUT2D eigenvalue weighted by atomic mass is 19.1. The zero-order valence-electron chi connectivity index (χ0n) is 11.7. The van der Waals surface area contributed by atoms with Crippen LogP contribution < -0.4 is 10.1 Å². The summed E-state index contributed by atoms with van der Waals surface area (Å²) in [4.78, 5) is 0. The molecule has 0 bridgehead atoms. The molecule has 1 N–H and O–H groups in total. The second-order valence-corrected chi connectivity index (χ2v) is 4.28. The van der Waals surface area contributed by atoms with E-state index in [1.807, 2.05) is 13.0 Å². The first-order chi connectivity index (χ1) is 9.19. The predicted molar refractivity (Wildman–Crippen MR) is 71.9 cm³/mol. The molecule has 0 aromatic heterocycles. The number of hydrogen-bond donors (Lipinski definition) is 1. The monoisotopic (exact) mass is 271 g/mol. The zero-order chi connectivity index (χ0) is 14.1. The number of benzene rings is 1. The number of rotatable bonds is 9. The molecule has 0 amide bonds. The number of methoxy groups -OCH3 is 2. The highest BCUT2D eigenvalue weighted by Crippen LogP contribution is 2.23. The normalized spacial score (nSPS) is 12.4. The topological polar surface area (TPSA) is 39.7 Å². The van der Waals surface area contributed by atoms with Crippen molar-refractivity contribution in [2.24, 2.45) is 0 Å². The lowest BCUT2D eigenvalue weighted by Crippen LogP contribution is -2.22. The lowest BCUT2D eigenvalue weighted by Gasteiger charge is -2.17. The molecule has 19 heavy (non-hydrogen) atoms. The average molecular weight is 271 g/mol. The van der Waals surface area contributed by atoms with E-state index < -0.39 is 0 Å². The first kappa shape index (κ1) is 15.9. The number of halogens is 1. The van der Waals surface area contributed by atoms with Crippen LogP contribution in [-0.2, 0) is 16.0 Å². The third-order valence-corrected chi connectivity index (χ3v) is 2.57. The van der Waals surface area contributed by atoms with Gasteiger partial charge in [0.1, 0.15) is 6.10 Å². The fraction of sp³-hybridized carbons (Fsp3) is 0.571. The predicted octanol–water partition coefficient (Wildman–Crippen LogP) is 1.98. The molecule has 1 unspecified atom stereocenters. The molecule has 0 aliphatic carbocycles. The molecule has 0 aliphatic rings. The van der Waals surface area contributed by atoms with Gasteiger partial charge in [-0.25, -0.2) is 4.39 Å². The summed E-state index contributed by atoms with van der Waals surface area (Å²) >= 11 is 0. The summed E-state index contributed by atoms with van der Waals surface area (Å²) in [6.07, 6.45) is -0.195. The van der Waals surface area contributed by atoms with Crippen LogP contribution in [0.3, 0.4) is 0 Å². The lowest BCUT2D eigenvalue weighted by molar-refractivity contribution is 0.0884. The van der Waals surface area contributed by atoms with Gasteiger partial charge in [-0.1, -0.05) is 12.1 Å². The molecule has 0 saturated carbocycles. The summed E-state index contributed by atoms with van der Waals surface area (Å²) in [5.74, 6) is -0.0639. The van der Waals surface area contributed by atoms with Crippen molar-refractivity contribution in [1.82, 2.24) is 5.32 Å². The summed E-state index contributed by atoms with van der Waals surface area (Å²) in [5.41, 5.74) is 0.791. The van der Waals surface area contributed by atoms with E-state index >= 15 is 0 Å². The molecular weight excluding hydrogens is 249 g/mol. The molecule has 0 saturated heterocycles. The maximum atomic E-state index is 13.8. The summed E-state index contributed by atoms with van der Waals surface area (Å²) in [7, 11) is 3.24. The van der Waals surface area contributed by atoms with Crippen molar-refractivity contribution in [1.29, 1.82) is 0 Å². The van der Waals surface area contributed by atoms with Gasteiger partial charge >= 0.3 is 0 Å². The number of nitrogens with one attached hydrogen (secondary N) is 1. The van der Waals surface area contributed by atoms with Gasteiger partial charge in [-0.2, -0.15) is 0 Å². The van der Waals surface area contributed by atoms with Gasteiger partial charge in [0.2, 0.25) is 0 Å². The van der Waals surface area contributed by atoms with E-state index in [4.69, 9.17) is 14.2 Å². The standard InChI is InChI=1S/C14H22FNO3/c1-11(10-18-3)19-14-12(5-4-6-13(14)15)9-16-7-8-17-2/h4-6,11,16H,7-10H2,1-3H3. The van der Waals surface area contributed by atoms with Crippen molar-refractivity contribution in [2.75, 3.05) is 34.0 Å². The van der Waals surface area contributed by atoms with Gasteiger partial charge in [-0.3, -0.25) is 0 Å². The van der Waals surface area contributed by atoms with Crippen LogP contribution in [0.4, 0.5) is 4.39 Å². The minimum Gasteiger partial charge on any atom is -0.485 e. The molecule has 0 spiro atoms. The van der Waals surface area contributed by atoms with Gasteiger partial charge in [-0.15, -0.1) is 0 Å². The second-order valence-electron chi connectivity index (χ2n) is 4.28. The molecule has 4 nitrogen and oxygen atoms in total. The number of ether oxygens (including phenoxy) is 3. The van der Waals surface area contributed by atoms with Crippen molar-refractivity contribution in [3.8, 4) is 5.75 Å². The first-order valence-corrected chi connectivity index (χ1v) is 6.31. The summed E-state index contributed by atoms with van der Waals surface area (Å²) in [5, 5.41) is 3.17. The van der Waals surface area contributed by atoms with Crippen LogP contribution in [0.15, 0.2) is 18.2 Å². The Morgan fingerprint density at radius 3 is 2.74 bits per heavy atom. The van der Waals surface area contributed by atoms with Crippen LogP contribution in [0.1, 0.15) is 12.5 Å². The smallest absolute Gasteiger partial charge is 0.165 e. The Morgan fingerprint density at radius 1 is 1.26 bits per heavy atom. The Balaban J connectivity index is 2.66.